The van der Waals surface area contributed by atoms with E-state index >= 15 is 0 Å². The first-order valence-electron chi connectivity index (χ1n) is 4.56. The van der Waals surface area contributed by atoms with Gasteiger partial charge in [0.25, 0.3) is 0 Å². The van der Waals surface area contributed by atoms with Crippen molar-refractivity contribution in [2.75, 3.05) is 5.32 Å². The Bertz CT molecular complexity index is 483. The van der Waals surface area contributed by atoms with Crippen LogP contribution in [-0.2, 0) is 10.0 Å². The monoisotopic (exact) mass is 246 g/mol. The number of rotatable bonds is 3. The standard InChI is InChI=1S/C9H11ClN2O2S/c10-6-1-4-9(15(11,13)14)8(5-6)12-7-2-3-7/h1,4-5,7,12H,2-3H2,(H2,11,13,14). The lowest BCUT2D eigenvalue weighted by atomic mass is 10.3. The lowest BCUT2D eigenvalue weighted by Crippen LogP contribution is -2.15. The van der Waals surface area contributed by atoms with Crippen LogP contribution < -0.4 is 10.5 Å². The third-order valence-electron chi connectivity index (χ3n) is 2.19. The lowest BCUT2D eigenvalue weighted by Gasteiger charge is -2.09. The van der Waals surface area contributed by atoms with Gasteiger partial charge in [-0.3, -0.25) is 0 Å². The number of nitrogens with two attached hydrogens (primary N) is 1. The second-order valence-electron chi connectivity index (χ2n) is 3.60. The molecule has 0 spiro atoms. The Labute approximate surface area is 93.5 Å². The molecule has 6 heteroatoms. The van der Waals surface area contributed by atoms with Gasteiger partial charge < -0.3 is 5.32 Å². The number of hydrogen-bond donors (Lipinski definition) is 2. The van der Waals surface area contributed by atoms with Crippen molar-refractivity contribution in [3.8, 4) is 0 Å². The molecule has 1 aromatic rings. The molecule has 15 heavy (non-hydrogen) atoms. The Hall–Kier alpha value is -0.780. The maximum absolute atomic E-state index is 11.3. The summed E-state index contributed by atoms with van der Waals surface area (Å²) in [5.74, 6) is 0. The van der Waals surface area contributed by atoms with Gasteiger partial charge in [-0.15, -0.1) is 0 Å². The van der Waals surface area contributed by atoms with Crippen molar-refractivity contribution in [3.63, 3.8) is 0 Å². The minimum Gasteiger partial charge on any atom is -0.381 e. The predicted octanol–water partition coefficient (Wildman–Crippen LogP) is 1.56. The van der Waals surface area contributed by atoms with Gasteiger partial charge in [0.1, 0.15) is 4.90 Å². The molecule has 1 fully saturated rings. The molecular weight excluding hydrogens is 236 g/mol. The molecule has 4 nitrogen and oxygen atoms in total. The summed E-state index contributed by atoms with van der Waals surface area (Å²) < 4.78 is 22.5. The Kier molecular flexibility index (Phi) is 2.62. The maximum atomic E-state index is 11.3. The van der Waals surface area contributed by atoms with Crippen LogP contribution in [-0.4, -0.2) is 14.5 Å². The molecule has 0 saturated heterocycles. The second-order valence-corrected chi connectivity index (χ2v) is 5.57. The van der Waals surface area contributed by atoms with Crippen molar-refractivity contribution in [2.45, 2.75) is 23.8 Å². The minimum atomic E-state index is -3.69. The average molecular weight is 247 g/mol. The molecule has 0 amide bonds. The smallest absolute Gasteiger partial charge is 0.240 e. The fourth-order valence-electron chi connectivity index (χ4n) is 1.31. The Morgan fingerprint density at radius 1 is 1.40 bits per heavy atom. The first-order valence-corrected chi connectivity index (χ1v) is 6.48. The van der Waals surface area contributed by atoms with Gasteiger partial charge in [-0.1, -0.05) is 11.6 Å². The Balaban J connectivity index is 2.43. The third-order valence-corrected chi connectivity index (χ3v) is 3.39. The highest BCUT2D eigenvalue weighted by atomic mass is 35.5. The normalized spacial score (nSPS) is 16.4. The van der Waals surface area contributed by atoms with Crippen LogP contribution >= 0.6 is 11.6 Å². The molecule has 0 bridgehead atoms. The van der Waals surface area contributed by atoms with Crippen molar-refractivity contribution in [1.82, 2.24) is 0 Å². The van der Waals surface area contributed by atoms with E-state index in [0.717, 1.165) is 12.8 Å². The fourth-order valence-corrected chi connectivity index (χ4v) is 2.16. The van der Waals surface area contributed by atoms with E-state index in [4.69, 9.17) is 16.7 Å². The van der Waals surface area contributed by atoms with E-state index in [1.54, 1.807) is 6.07 Å². The van der Waals surface area contributed by atoms with Gasteiger partial charge in [0.05, 0.1) is 5.69 Å². The number of benzene rings is 1. The highest BCUT2D eigenvalue weighted by molar-refractivity contribution is 7.89. The molecule has 1 saturated carbocycles. The summed E-state index contributed by atoms with van der Waals surface area (Å²) in [5, 5.41) is 8.67. The largest absolute Gasteiger partial charge is 0.381 e. The molecule has 2 rings (SSSR count). The Morgan fingerprint density at radius 2 is 2.07 bits per heavy atom. The number of halogens is 1. The summed E-state index contributed by atoms with van der Waals surface area (Å²) in [5.41, 5.74) is 0.493. The van der Waals surface area contributed by atoms with E-state index in [1.165, 1.54) is 12.1 Å². The van der Waals surface area contributed by atoms with Crippen LogP contribution in [0.25, 0.3) is 0 Å². The van der Waals surface area contributed by atoms with Gasteiger partial charge in [-0.05, 0) is 31.0 Å². The summed E-state index contributed by atoms with van der Waals surface area (Å²) in [6.45, 7) is 0. The van der Waals surface area contributed by atoms with Crippen molar-refractivity contribution < 1.29 is 8.42 Å². The van der Waals surface area contributed by atoms with Crippen LogP contribution in [0.3, 0.4) is 0 Å². The van der Waals surface area contributed by atoms with Crippen molar-refractivity contribution in [3.05, 3.63) is 23.2 Å². The second kappa shape index (κ2) is 3.66. The zero-order valence-corrected chi connectivity index (χ0v) is 9.48. The third kappa shape index (κ3) is 2.62. The molecule has 0 atom stereocenters. The molecule has 0 heterocycles. The molecule has 1 aromatic carbocycles. The van der Waals surface area contributed by atoms with Gasteiger partial charge in [0.2, 0.25) is 10.0 Å². The van der Waals surface area contributed by atoms with Crippen LogP contribution in [0.15, 0.2) is 23.1 Å². The highest BCUT2D eigenvalue weighted by Crippen LogP contribution is 2.30. The molecule has 3 N–H and O–H groups in total. The Morgan fingerprint density at radius 3 is 2.60 bits per heavy atom. The number of primary sulfonamides is 1. The van der Waals surface area contributed by atoms with Crippen LogP contribution in [0.1, 0.15) is 12.8 Å². The van der Waals surface area contributed by atoms with E-state index in [-0.39, 0.29) is 4.90 Å². The number of hydrogen-bond acceptors (Lipinski definition) is 3. The minimum absolute atomic E-state index is 0.0961. The van der Waals surface area contributed by atoms with E-state index in [2.05, 4.69) is 5.32 Å². The van der Waals surface area contributed by atoms with Crippen LogP contribution in [0, 0.1) is 0 Å². The molecule has 0 radical (unpaired) electrons. The quantitative estimate of drug-likeness (QED) is 0.850. The predicted molar refractivity (Wildman–Crippen MR) is 59.5 cm³/mol. The average Bonchev–Trinajstić information content (AvgIpc) is 2.85. The summed E-state index contributed by atoms with van der Waals surface area (Å²) in [6.07, 6.45) is 2.10. The maximum Gasteiger partial charge on any atom is 0.240 e. The van der Waals surface area contributed by atoms with Crippen molar-refractivity contribution in [1.29, 1.82) is 0 Å². The molecule has 0 aliphatic heterocycles. The van der Waals surface area contributed by atoms with Crippen LogP contribution in [0.2, 0.25) is 5.02 Å². The zero-order chi connectivity index (χ0) is 11.1. The first-order chi connectivity index (χ1) is 6.97. The SMILES string of the molecule is NS(=O)(=O)c1ccc(Cl)cc1NC1CC1. The topological polar surface area (TPSA) is 72.2 Å². The molecular formula is C9H11ClN2O2S. The lowest BCUT2D eigenvalue weighted by molar-refractivity contribution is 0.598. The molecule has 0 unspecified atom stereocenters. The van der Waals surface area contributed by atoms with Crippen LogP contribution in [0.4, 0.5) is 5.69 Å². The fraction of sp³-hybridized carbons (Fsp3) is 0.333. The summed E-state index contributed by atoms with van der Waals surface area (Å²) in [4.78, 5) is 0.0961. The first kappa shape index (κ1) is 10.7. The van der Waals surface area contributed by atoms with E-state index in [9.17, 15) is 8.42 Å². The number of anilines is 1. The highest BCUT2D eigenvalue weighted by Gasteiger charge is 2.24. The van der Waals surface area contributed by atoms with Crippen LogP contribution in [0.5, 0.6) is 0 Å². The van der Waals surface area contributed by atoms with Gasteiger partial charge in [-0.2, -0.15) is 0 Å². The van der Waals surface area contributed by atoms with E-state index < -0.39 is 10.0 Å². The number of nitrogens with one attached hydrogen (secondary N) is 1. The molecule has 82 valence electrons. The summed E-state index contributed by atoms with van der Waals surface area (Å²) in [7, 11) is -3.69. The number of sulfonamides is 1. The molecule has 0 aromatic heterocycles. The van der Waals surface area contributed by atoms with E-state index in [0.29, 0.717) is 16.8 Å². The van der Waals surface area contributed by atoms with Gasteiger partial charge in [0.15, 0.2) is 0 Å². The summed E-state index contributed by atoms with van der Waals surface area (Å²) >= 11 is 5.80. The van der Waals surface area contributed by atoms with Gasteiger partial charge >= 0.3 is 0 Å². The van der Waals surface area contributed by atoms with Gasteiger partial charge in [-0.25, -0.2) is 13.6 Å². The van der Waals surface area contributed by atoms with E-state index in [1.807, 2.05) is 0 Å². The molecule has 1 aliphatic rings. The van der Waals surface area contributed by atoms with Crippen molar-refractivity contribution in [2.24, 2.45) is 5.14 Å². The summed E-state index contributed by atoms with van der Waals surface area (Å²) in [6, 6.07) is 4.87. The zero-order valence-electron chi connectivity index (χ0n) is 7.90. The molecule has 1 aliphatic carbocycles. The van der Waals surface area contributed by atoms with Crippen molar-refractivity contribution >= 4 is 27.3 Å². The van der Waals surface area contributed by atoms with Gasteiger partial charge in [0, 0.05) is 11.1 Å².